The molecule has 130 valence electrons. The Hall–Kier alpha value is -3.08. The lowest BCUT2D eigenvalue weighted by atomic mass is 10.0. The number of nitrogens with one attached hydrogen (secondary N) is 1. The zero-order chi connectivity index (χ0) is 17.5. The molecule has 3 aromatic rings. The molecular formula is C21H21N5. The van der Waals surface area contributed by atoms with Crippen LogP contribution in [0.3, 0.4) is 0 Å². The molecule has 0 radical (unpaired) electrons. The fraction of sp³-hybridized carbons (Fsp3) is 0.238. The minimum atomic E-state index is 0.582. The van der Waals surface area contributed by atoms with Crippen LogP contribution >= 0.6 is 0 Å². The van der Waals surface area contributed by atoms with Crippen molar-refractivity contribution in [1.29, 1.82) is 0 Å². The van der Waals surface area contributed by atoms with Gasteiger partial charge in [0.1, 0.15) is 18.0 Å². The van der Waals surface area contributed by atoms with Gasteiger partial charge in [-0.05, 0) is 54.2 Å². The number of nitrogen functional groups attached to an aromatic ring is 1. The average Bonchev–Trinajstić information content (AvgIpc) is 3.37. The van der Waals surface area contributed by atoms with Crippen LogP contribution in [0.25, 0.3) is 11.1 Å². The fourth-order valence-corrected chi connectivity index (χ4v) is 3.53. The molecule has 0 amide bonds. The molecule has 1 saturated carbocycles. The van der Waals surface area contributed by atoms with Crippen molar-refractivity contribution in [3.8, 4) is 11.1 Å². The summed E-state index contributed by atoms with van der Waals surface area (Å²) < 4.78 is 0. The Balaban J connectivity index is 1.50. The maximum atomic E-state index is 5.95. The van der Waals surface area contributed by atoms with Gasteiger partial charge in [0.15, 0.2) is 0 Å². The standard InChI is InChI=1S/C21H21N5/c22-17-3-1-2-15(10-17)16-5-4-14-8-9-26(19(14)11-16)21-12-20(23-13-24-21)25-18-6-7-18/h1-5,10-13,18H,6-9,22H2,(H,23,24,25). The number of hydrogen-bond donors (Lipinski definition) is 2. The van der Waals surface area contributed by atoms with E-state index in [4.69, 9.17) is 5.73 Å². The number of fused-ring (bicyclic) bond motifs is 1. The van der Waals surface area contributed by atoms with Gasteiger partial charge in [-0.15, -0.1) is 0 Å². The van der Waals surface area contributed by atoms with Crippen molar-refractivity contribution in [2.24, 2.45) is 0 Å². The van der Waals surface area contributed by atoms with Gasteiger partial charge in [0.05, 0.1) is 0 Å². The van der Waals surface area contributed by atoms with Gasteiger partial charge < -0.3 is 16.0 Å². The molecule has 1 aromatic heterocycles. The highest BCUT2D eigenvalue weighted by Crippen LogP contribution is 2.37. The predicted molar refractivity (Wildman–Crippen MR) is 106 cm³/mol. The number of nitrogens with zero attached hydrogens (tertiary/aromatic N) is 3. The van der Waals surface area contributed by atoms with Crippen molar-refractivity contribution in [1.82, 2.24) is 9.97 Å². The third-order valence-corrected chi connectivity index (χ3v) is 5.06. The lowest BCUT2D eigenvalue weighted by molar-refractivity contribution is 0.961. The van der Waals surface area contributed by atoms with Gasteiger partial charge in [0, 0.05) is 30.0 Å². The number of anilines is 4. The molecule has 5 rings (SSSR count). The van der Waals surface area contributed by atoms with Crippen LogP contribution in [0, 0.1) is 0 Å². The molecule has 5 nitrogen and oxygen atoms in total. The van der Waals surface area contributed by atoms with Crippen LogP contribution in [0.4, 0.5) is 23.0 Å². The van der Waals surface area contributed by atoms with E-state index in [1.165, 1.54) is 29.7 Å². The number of hydrogen-bond acceptors (Lipinski definition) is 5. The topological polar surface area (TPSA) is 67.1 Å². The molecule has 26 heavy (non-hydrogen) atoms. The second kappa shape index (κ2) is 6.02. The van der Waals surface area contributed by atoms with E-state index in [0.717, 1.165) is 35.9 Å². The fourth-order valence-electron chi connectivity index (χ4n) is 3.53. The quantitative estimate of drug-likeness (QED) is 0.701. The van der Waals surface area contributed by atoms with Crippen LogP contribution in [0.5, 0.6) is 0 Å². The SMILES string of the molecule is Nc1cccc(-c2ccc3c(c2)N(c2cc(NC4CC4)ncn2)CC3)c1. The lowest BCUT2D eigenvalue weighted by Crippen LogP contribution is -2.15. The Labute approximate surface area is 152 Å². The van der Waals surface area contributed by atoms with E-state index in [9.17, 15) is 0 Å². The first-order chi connectivity index (χ1) is 12.8. The molecular weight excluding hydrogens is 322 g/mol. The monoisotopic (exact) mass is 343 g/mol. The van der Waals surface area contributed by atoms with Crippen LogP contribution < -0.4 is 16.0 Å². The zero-order valence-corrected chi connectivity index (χ0v) is 14.5. The Morgan fingerprint density at radius 1 is 1.00 bits per heavy atom. The van der Waals surface area contributed by atoms with E-state index in [0.29, 0.717) is 6.04 Å². The van der Waals surface area contributed by atoms with E-state index in [1.807, 2.05) is 18.2 Å². The van der Waals surface area contributed by atoms with Crippen LogP contribution in [-0.2, 0) is 6.42 Å². The second-order valence-corrected chi connectivity index (χ2v) is 7.05. The van der Waals surface area contributed by atoms with Crippen molar-refractivity contribution >= 4 is 23.0 Å². The van der Waals surface area contributed by atoms with E-state index in [2.05, 4.69) is 50.5 Å². The molecule has 0 bridgehead atoms. The van der Waals surface area contributed by atoms with E-state index >= 15 is 0 Å². The summed E-state index contributed by atoms with van der Waals surface area (Å²) in [6.45, 7) is 0.940. The number of rotatable bonds is 4. The van der Waals surface area contributed by atoms with Gasteiger partial charge in [0.25, 0.3) is 0 Å². The average molecular weight is 343 g/mol. The third kappa shape index (κ3) is 2.86. The van der Waals surface area contributed by atoms with Crippen LogP contribution in [0.15, 0.2) is 54.9 Å². The van der Waals surface area contributed by atoms with Crippen LogP contribution in [-0.4, -0.2) is 22.6 Å². The minimum absolute atomic E-state index is 0.582. The van der Waals surface area contributed by atoms with Gasteiger partial charge in [0.2, 0.25) is 0 Å². The zero-order valence-electron chi connectivity index (χ0n) is 14.5. The smallest absolute Gasteiger partial charge is 0.138 e. The summed E-state index contributed by atoms with van der Waals surface area (Å²) in [5, 5.41) is 3.46. The molecule has 1 fully saturated rings. The largest absolute Gasteiger partial charge is 0.399 e. The maximum Gasteiger partial charge on any atom is 0.138 e. The first-order valence-electron chi connectivity index (χ1n) is 9.11. The molecule has 0 unspecified atom stereocenters. The maximum absolute atomic E-state index is 5.95. The number of aromatic nitrogens is 2. The van der Waals surface area contributed by atoms with Crippen molar-refractivity contribution in [2.45, 2.75) is 25.3 Å². The predicted octanol–water partition coefficient (Wildman–Crippen LogP) is 3.99. The van der Waals surface area contributed by atoms with Gasteiger partial charge in [-0.25, -0.2) is 9.97 Å². The molecule has 2 heterocycles. The Bertz CT molecular complexity index is 964. The first kappa shape index (κ1) is 15.2. The van der Waals surface area contributed by atoms with Gasteiger partial charge >= 0.3 is 0 Å². The summed E-state index contributed by atoms with van der Waals surface area (Å²) in [5.74, 6) is 1.87. The molecule has 0 spiro atoms. The molecule has 1 aliphatic carbocycles. The van der Waals surface area contributed by atoms with Gasteiger partial charge in [-0.2, -0.15) is 0 Å². The van der Waals surface area contributed by atoms with E-state index < -0.39 is 0 Å². The number of benzene rings is 2. The van der Waals surface area contributed by atoms with Crippen molar-refractivity contribution < 1.29 is 0 Å². The summed E-state index contributed by atoms with van der Waals surface area (Å²) in [4.78, 5) is 11.2. The molecule has 0 atom stereocenters. The summed E-state index contributed by atoms with van der Waals surface area (Å²) >= 11 is 0. The molecule has 3 N–H and O–H groups in total. The molecule has 1 aliphatic heterocycles. The highest BCUT2D eigenvalue weighted by molar-refractivity contribution is 5.77. The van der Waals surface area contributed by atoms with Gasteiger partial charge in [-0.3, -0.25) is 0 Å². The highest BCUT2D eigenvalue weighted by atomic mass is 15.2. The summed E-state index contributed by atoms with van der Waals surface area (Å²) in [6.07, 6.45) is 5.15. The summed E-state index contributed by atoms with van der Waals surface area (Å²) in [5.41, 5.74) is 11.6. The lowest BCUT2D eigenvalue weighted by Gasteiger charge is -2.19. The van der Waals surface area contributed by atoms with Crippen molar-refractivity contribution in [2.75, 3.05) is 22.5 Å². The normalized spacial score (nSPS) is 15.8. The van der Waals surface area contributed by atoms with E-state index in [1.54, 1.807) is 6.33 Å². The number of nitrogens with two attached hydrogens (primary N) is 1. The Kier molecular flexibility index (Phi) is 3.52. The summed E-state index contributed by atoms with van der Waals surface area (Å²) in [7, 11) is 0. The van der Waals surface area contributed by atoms with Crippen molar-refractivity contribution in [3.05, 3.63) is 60.4 Å². The van der Waals surface area contributed by atoms with E-state index in [-0.39, 0.29) is 0 Å². The molecule has 2 aliphatic rings. The van der Waals surface area contributed by atoms with Crippen LogP contribution in [0.2, 0.25) is 0 Å². The second-order valence-electron chi connectivity index (χ2n) is 7.05. The van der Waals surface area contributed by atoms with Crippen LogP contribution in [0.1, 0.15) is 18.4 Å². The Morgan fingerprint density at radius 3 is 2.73 bits per heavy atom. The Morgan fingerprint density at radius 2 is 1.88 bits per heavy atom. The molecule has 0 saturated heterocycles. The molecule has 5 heteroatoms. The van der Waals surface area contributed by atoms with Crippen molar-refractivity contribution in [3.63, 3.8) is 0 Å². The first-order valence-corrected chi connectivity index (χ1v) is 9.11. The third-order valence-electron chi connectivity index (χ3n) is 5.06. The van der Waals surface area contributed by atoms with Gasteiger partial charge in [-0.1, -0.05) is 24.3 Å². The highest BCUT2D eigenvalue weighted by Gasteiger charge is 2.24. The molecule has 2 aromatic carbocycles. The minimum Gasteiger partial charge on any atom is -0.399 e. The summed E-state index contributed by atoms with van der Waals surface area (Å²) in [6, 6.07) is 17.3.